The van der Waals surface area contributed by atoms with Crippen molar-refractivity contribution in [1.82, 2.24) is 10.3 Å². The number of fused-ring (bicyclic) bond motifs is 3. The Morgan fingerprint density at radius 1 is 1.04 bits per heavy atom. The summed E-state index contributed by atoms with van der Waals surface area (Å²) in [6.07, 6.45) is 1.05. The molecule has 1 unspecified atom stereocenters. The lowest BCUT2D eigenvalue weighted by atomic mass is 9.89. The molecule has 0 saturated carbocycles. The minimum absolute atomic E-state index is 0. The number of aromatic amines is 1. The van der Waals surface area contributed by atoms with E-state index in [0.717, 1.165) is 25.3 Å². The molecule has 23 heavy (non-hydrogen) atoms. The van der Waals surface area contributed by atoms with Crippen molar-refractivity contribution in [3.63, 3.8) is 0 Å². The molecule has 1 aromatic heterocycles. The van der Waals surface area contributed by atoms with Crippen molar-refractivity contribution in [2.24, 2.45) is 0 Å². The van der Waals surface area contributed by atoms with Crippen LogP contribution in [0.1, 0.15) is 22.7 Å². The third-order valence-electron chi connectivity index (χ3n) is 4.59. The smallest absolute Gasteiger partial charge is 0.118 e. The van der Waals surface area contributed by atoms with E-state index in [9.17, 15) is 0 Å². The topological polar surface area (TPSA) is 37.0 Å². The first-order chi connectivity index (χ1) is 10.9. The van der Waals surface area contributed by atoms with Crippen LogP contribution in [0.2, 0.25) is 0 Å². The second-order valence-electron chi connectivity index (χ2n) is 5.84. The summed E-state index contributed by atoms with van der Waals surface area (Å²) in [4.78, 5) is 3.61. The highest BCUT2D eigenvalue weighted by atomic mass is 35.5. The zero-order valence-electron chi connectivity index (χ0n) is 13.1. The molecule has 1 aliphatic heterocycles. The molecule has 0 bridgehead atoms. The van der Waals surface area contributed by atoms with Gasteiger partial charge >= 0.3 is 0 Å². The van der Waals surface area contributed by atoms with E-state index in [1.807, 2.05) is 0 Å². The number of hydrogen-bond donors (Lipinski definition) is 2. The molecule has 4 heteroatoms. The second kappa shape index (κ2) is 6.65. The maximum Gasteiger partial charge on any atom is 0.118 e. The lowest BCUT2D eigenvalue weighted by Crippen LogP contribution is -2.21. The maximum atomic E-state index is 5.28. The Morgan fingerprint density at radius 2 is 1.83 bits per heavy atom. The van der Waals surface area contributed by atoms with Crippen molar-refractivity contribution in [2.75, 3.05) is 20.2 Å². The van der Waals surface area contributed by atoms with Gasteiger partial charge in [-0.15, -0.1) is 12.4 Å². The molecule has 0 radical (unpaired) electrons. The van der Waals surface area contributed by atoms with Gasteiger partial charge in [-0.1, -0.05) is 30.3 Å². The Kier molecular flexibility index (Phi) is 4.60. The predicted octanol–water partition coefficient (Wildman–Crippen LogP) is 3.88. The fourth-order valence-electron chi connectivity index (χ4n) is 3.50. The highest BCUT2D eigenvalue weighted by Gasteiger charge is 2.24. The molecule has 0 fully saturated rings. The van der Waals surface area contributed by atoms with Gasteiger partial charge in [0.15, 0.2) is 0 Å². The number of aromatic nitrogens is 1. The van der Waals surface area contributed by atoms with Crippen LogP contribution in [-0.4, -0.2) is 25.2 Å². The summed E-state index contributed by atoms with van der Waals surface area (Å²) in [5.74, 6) is 1.28. The van der Waals surface area contributed by atoms with Crippen LogP contribution >= 0.6 is 12.4 Å². The number of halogens is 1. The van der Waals surface area contributed by atoms with E-state index in [2.05, 4.69) is 58.8 Å². The van der Waals surface area contributed by atoms with Crippen LogP contribution in [0, 0.1) is 0 Å². The quantitative estimate of drug-likeness (QED) is 0.749. The molecule has 2 heterocycles. The van der Waals surface area contributed by atoms with Crippen molar-refractivity contribution in [3.05, 3.63) is 65.4 Å². The van der Waals surface area contributed by atoms with Crippen LogP contribution in [0.3, 0.4) is 0 Å². The summed E-state index contributed by atoms with van der Waals surface area (Å²) in [5, 5.41) is 4.92. The van der Waals surface area contributed by atoms with Crippen LogP contribution in [-0.2, 0) is 6.42 Å². The molecule has 0 amide bonds. The number of ether oxygens (including phenoxy) is 1. The number of rotatable bonds is 2. The van der Waals surface area contributed by atoms with Gasteiger partial charge in [0.2, 0.25) is 0 Å². The minimum atomic E-state index is 0. The molecule has 0 spiro atoms. The van der Waals surface area contributed by atoms with Gasteiger partial charge in [0.05, 0.1) is 7.11 Å². The van der Waals surface area contributed by atoms with Gasteiger partial charge in [-0.3, -0.25) is 0 Å². The van der Waals surface area contributed by atoms with Crippen LogP contribution in [0.4, 0.5) is 0 Å². The van der Waals surface area contributed by atoms with Gasteiger partial charge in [0.1, 0.15) is 5.75 Å². The summed E-state index contributed by atoms with van der Waals surface area (Å²) >= 11 is 0. The Bertz CT molecular complexity index is 795. The number of para-hydroxylation sites is 1. The number of methoxy groups -OCH3 is 1. The fourth-order valence-corrected chi connectivity index (χ4v) is 3.50. The molecule has 2 N–H and O–H groups in total. The SMILES string of the molecule is COc1ccc(C2CNCCc3[nH]c4ccccc4c32)cc1.Cl. The minimum Gasteiger partial charge on any atom is -0.497 e. The molecule has 4 rings (SSSR count). The predicted molar refractivity (Wildman–Crippen MR) is 97.0 cm³/mol. The van der Waals surface area contributed by atoms with E-state index < -0.39 is 0 Å². The van der Waals surface area contributed by atoms with E-state index in [-0.39, 0.29) is 12.4 Å². The van der Waals surface area contributed by atoms with E-state index >= 15 is 0 Å². The highest BCUT2D eigenvalue weighted by molar-refractivity contribution is 5.86. The average Bonchev–Trinajstić information content (AvgIpc) is 2.81. The van der Waals surface area contributed by atoms with Gasteiger partial charge in [-0.25, -0.2) is 0 Å². The van der Waals surface area contributed by atoms with E-state index in [4.69, 9.17) is 4.74 Å². The maximum absolute atomic E-state index is 5.28. The van der Waals surface area contributed by atoms with Crippen LogP contribution in [0.25, 0.3) is 10.9 Å². The third-order valence-corrected chi connectivity index (χ3v) is 4.59. The normalized spacial score (nSPS) is 17.2. The molecule has 1 atom stereocenters. The monoisotopic (exact) mass is 328 g/mol. The van der Waals surface area contributed by atoms with Gasteiger partial charge in [-0.2, -0.15) is 0 Å². The third kappa shape index (κ3) is 2.82. The Hall–Kier alpha value is -1.97. The zero-order valence-corrected chi connectivity index (χ0v) is 14.0. The van der Waals surface area contributed by atoms with Crippen LogP contribution in [0.15, 0.2) is 48.5 Å². The van der Waals surface area contributed by atoms with E-state index in [1.54, 1.807) is 7.11 Å². The molecule has 2 aromatic carbocycles. The highest BCUT2D eigenvalue weighted by Crippen LogP contribution is 2.35. The molecule has 3 aromatic rings. The first-order valence-corrected chi connectivity index (χ1v) is 7.81. The Balaban J connectivity index is 0.00000156. The second-order valence-corrected chi connectivity index (χ2v) is 5.84. The molecule has 3 nitrogen and oxygen atoms in total. The molecule has 0 aliphatic carbocycles. The number of nitrogens with one attached hydrogen (secondary N) is 2. The van der Waals surface area contributed by atoms with Crippen molar-refractivity contribution < 1.29 is 4.74 Å². The lowest BCUT2D eigenvalue weighted by Gasteiger charge is -2.17. The fraction of sp³-hybridized carbons (Fsp3) is 0.263. The summed E-state index contributed by atoms with van der Waals surface area (Å²) in [6, 6.07) is 17.1. The van der Waals surface area contributed by atoms with E-state index in [1.165, 1.54) is 27.7 Å². The van der Waals surface area contributed by atoms with Crippen molar-refractivity contribution >= 4 is 23.3 Å². The molecular weight excluding hydrogens is 308 g/mol. The zero-order chi connectivity index (χ0) is 14.9. The molecule has 120 valence electrons. The Morgan fingerprint density at radius 3 is 2.61 bits per heavy atom. The molecular formula is C19H21ClN2O. The summed E-state index contributed by atoms with van der Waals surface area (Å²) < 4.78 is 5.28. The van der Waals surface area contributed by atoms with Gasteiger partial charge in [-0.05, 0) is 29.3 Å². The van der Waals surface area contributed by atoms with Crippen LogP contribution in [0.5, 0.6) is 5.75 Å². The summed E-state index contributed by atoms with van der Waals surface area (Å²) in [6.45, 7) is 1.99. The first-order valence-electron chi connectivity index (χ1n) is 7.81. The lowest BCUT2D eigenvalue weighted by molar-refractivity contribution is 0.414. The summed E-state index contributed by atoms with van der Waals surface area (Å²) in [7, 11) is 1.71. The van der Waals surface area contributed by atoms with E-state index in [0.29, 0.717) is 5.92 Å². The van der Waals surface area contributed by atoms with Crippen LogP contribution < -0.4 is 10.1 Å². The molecule has 1 aliphatic rings. The van der Waals surface area contributed by atoms with Gasteiger partial charge < -0.3 is 15.0 Å². The van der Waals surface area contributed by atoms with Crippen molar-refractivity contribution in [3.8, 4) is 5.75 Å². The molecule has 0 saturated heterocycles. The Labute approximate surface area is 142 Å². The summed E-state index contributed by atoms with van der Waals surface area (Å²) in [5.41, 5.74) is 5.40. The van der Waals surface area contributed by atoms with Gasteiger partial charge in [0.25, 0.3) is 0 Å². The standard InChI is InChI=1S/C19H20N2O.ClH/c1-22-14-8-6-13(7-9-14)16-12-20-11-10-18-19(16)15-4-2-3-5-17(15)21-18;/h2-9,16,20-21H,10-12H2,1H3;1H. The number of H-pyrrole nitrogens is 1. The first kappa shape index (κ1) is 15.9. The number of hydrogen-bond acceptors (Lipinski definition) is 2. The van der Waals surface area contributed by atoms with Gasteiger partial charge in [0, 0.05) is 42.0 Å². The van der Waals surface area contributed by atoms with Crippen molar-refractivity contribution in [2.45, 2.75) is 12.3 Å². The largest absolute Gasteiger partial charge is 0.497 e. The average molecular weight is 329 g/mol. The van der Waals surface area contributed by atoms with Crippen molar-refractivity contribution in [1.29, 1.82) is 0 Å². The number of benzene rings is 2.